The van der Waals surface area contributed by atoms with Gasteiger partial charge in [-0.15, -0.1) is 0 Å². The second-order valence-corrected chi connectivity index (χ2v) is 6.97. The maximum absolute atomic E-state index is 5.86. The van der Waals surface area contributed by atoms with E-state index in [1.54, 1.807) is 0 Å². The fraction of sp³-hybridized carbons (Fsp3) is 0.333. The third-order valence-corrected chi connectivity index (χ3v) is 5.50. The van der Waals surface area contributed by atoms with Crippen molar-refractivity contribution in [1.29, 1.82) is 0 Å². The molecule has 2 nitrogen and oxygen atoms in total. The van der Waals surface area contributed by atoms with Gasteiger partial charge < -0.3 is 10.1 Å². The Kier molecular flexibility index (Phi) is 3.27. The summed E-state index contributed by atoms with van der Waals surface area (Å²) in [5, 5.41) is 3.46. The average molecular weight is 344 g/mol. The molecule has 1 fully saturated rings. The largest absolute Gasteiger partial charge is 0.493 e. The van der Waals surface area contributed by atoms with Crippen molar-refractivity contribution < 1.29 is 4.74 Å². The van der Waals surface area contributed by atoms with Gasteiger partial charge >= 0.3 is 0 Å². The lowest BCUT2D eigenvalue weighted by Crippen LogP contribution is -2.57. The van der Waals surface area contributed by atoms with E-state index in [0.717, 1.165) is 31.9 Å². The minimum Gasteiger partial charge on any atom is -0.493 e. The monoisotopic (exact) mass is 343 g/mol. The average Bonchev–Trinajstić information content (AvgIpc) is 2.87. The molecule has 21 heavy (non-hydrogen) atoms. The molecule has 2 aliphatic heterocycles. The molecule has 3 heteroatoms. The van der Waals surface area contributed by atoms with Crippen molar-refractivity contribution in [2.45, 2.75) is 17.8 Å². The van der Waals surface area contributed by atoms with E-state index in [4.69, 9.17) is 4.74 Å². The van der Waals surface area contributed by atoms with E-state index in [0.29, 0.717) is 5.92 Å². The van der Waals surface area contributed by atoms with Crippen LogP contribution < -0.4 is 10.1 Å². The van der Waals surface area contributed by atoms with Crippen molar-refractivity contribution >= 4 is 15.9 Å². The van der Waals surface area contributed by atoms with Gasteiger partial charge in [0.15, 0.2) is 0 Å². The summed E-state index contributed by atoms with van der Waals surface area (Å²) >= 11 is 3.73. The number of fused-ring (bicyclic) bond motifs is 1. The van der Waals surface area contributed by atoms with Crippen LogP contribution in [0.1, 0.15) is 23.5 Å². The topological polar surface area (TPSA) is 21.3 Å². The zero-order valence-electron chi connectivity index (χ0n) is 11.8. The van der Waals surface area contributed by atoms with Crippen molar-refractivity contribution in [3.8, 4) is 5.75 Å². The van der Waals surface area contributed by atoms with Crippen LogP contribution in [0.4, 0.5) is 0 Å². The van der Waals surface area contributed by atoms with Gasteiger partial charge in [-0.1, -0.05) is 52.3 Å². The first-order valence-corrected chi connectivity index (χ1v) is 8.25. The van der Waals surface area contributed by atoms with E-state index in [1.165, 1.54) is 15.6 Å². The number of hydrogen-bond donors (Lipinski definition) is 1. The van der Waals surface area contributed by atoms with Crippen molar-refractivity contribution in [3.05, 3.63) is 64.1 Å². The summed E-state index contributed by atoms with van der Waals surface area (Å²) in [6.45, 7) is 2.91. The Labute approximate surface area is 133 Å². The molecule has 2 aromatic carbocycles. The molecule has 0 amide bonds. The number of halogens is 1. The first-order valence-electron chi connectivity index (χ1n) is 7.46. The van der Waals surface area contributed by atoms with E-state index < -0.39 is 0 Å². The molecule has 0 aromatic heterocycles. The van der Waals surface area contributed by atoms with Crippen molar-refractivity contribution in [3.63, 3.8) is 0 Å². The smallest absolute Gasteiger partial charge is 0.122 e. The lowest BCUT2D eigenvalue weighted by molar-refractivity contribution is 0.220. The Morgan fingerprint density at radius 1 is 1.10 bits per heavy atom. The lowest BCUT2D eigenvalue weighted by atomic mass is 9.68. The highest BCUT2D eigenvalue weighted by molar-refractivity contribution is 9.10. The summed E-state index contributed by atoms with van der Waals surface area (Å²) in [5.74, 6) is 1.56. The van der Waals surface area contributed by atoms with Crippen LogP contribution >= 0.6 is 15.9 Å². The Hall–Kier alpha value is -1.32. The number of nitrogens with one attached hydrogen (secondary N) is 1. The Morgan fingerprint density at radius 3 is 2.62 bits per heavy atom. The molecular formula is C18H18BrNO. The molecule has 0 radical (unpaired) electrons. The minimum atomic E-state index is 0.228. The molecule has 2 aromatic rings. The van der Waals surface area contributed by atoms with Gasteiger partial charge in [-0.05, 0) is 24.1 Å². The molecule has 2 aliphatic rings. The van der Waals surface area contributed by atoms with Gasteiger partial charge in [-0.3, -0.25) is 0 Å². The summed E-state index contributed by atoms with van der Waals surface area (Å²) in [6, 6.07) is 17.1. The second-order valence-electron chi connectivity index (χ2n) is 6.11. The number of rotatable bonds is 3. The van der Waals surface area contributed by atoms with Crippen LogP contribution in [0, 0.1) is 0 Å². The SMILES string of the molecule is Brc1ccccc1C1(CC2COc3ccccc32)CNC1. The van der Waals surface area contributed by atoms with Gasteiger partial charge in [0.05, 0.1) is 6.61 Å². The molecule has 0 spiro atoms. The van der Waals surface area contributed by atoms with Crippen LogP contribution in [0.3, 0.4) is 0 Å². The van der Waals surface area contributed by atoms with Crippen molar-refractivity contribution in [2.24, 2.45) is 0 Å². The Bertz CT molecular complexity index is 666. The molecule has 1 atom stereocenters. The molecule has 0 bridgehead atoms. The summed E-state index contributed by atoms with van der Waals surface area (Å²) in [4.78, 5) is 0. The standard InChI is InChI=1S/C18H18BrNO/c19-16-7-3-2-6-15(16)18(11-20-12-18)9-13-10-21-17-8-4-1-5-14(13)17/h1-8,13,20H,9-12H2. The summed E-state index contributed by atoms with van der Waals surface area (Å²) < 4.78 is 7.08. The van der Waals surface area contributed by atoms with E-state index in [2.05, 4.69) is 69.8 Å². The van der Waals surface area contributed by atoms with Crippen LogP contribution in [-0.2, 0) is 5.41 Å². The van der Waals surface area contributed by atoms with Crippen molar-refractivity contribution in [1.82, 2.24) is 5.32 Å². The Morgan fingerprint density at radius 2 is 1.86 bits per heavy atom. The number of hydrogen-bond acceptors (Lipinski definition) is 2. The maximum Gasteiger partial charge on any atom is 0.122 e. The second kappa shape index (κ2) is 5.15. The highest BCUT2D eigenvalue weighted by atomic mass is 79.9. The third-order valence-electron chi connectivity index (χ3n) is 4.81. The Balaban J connectivity index is 1.65. The highest BCUT2D eigenvalue weighted by Crippen LogP contribution is 2.45. The molecule has 1 saturated heterocycles. The molecule has 1 N–H and O–H groups in total. The molecule has 0 aliphatic carbocycles. The quantitative estimate of drug-likeness (QED) is 0.913. The van der Waals surface area contributed by atoms with Crippen molar-refractivity contribution in [2.75, 3.05) is 19.7 Å². The van der Waals surface area contributed by atoms with Gasteiger partial charge in [0, 0.05) is 34.5 Å². The zero-order chi connectivity index (χ0) is 14.3. The van der Waals surface area contributed by atoms with E-state index in [-0.39, 0.29) is 5.41 Å². The molecule has 0 saturated carbocycles. The summed E-state index contributed by atoms with van der Waals surface area (Å²) in [5.41, 5.74) is 3.02. The normalized spacial score (nSPS) is 22.2. The fourth-order valence-electron chi connectivity index (χ4n) is 3.63. The molecule has 4 rings (SSSR count). The van der Waals surface area contributed by atoms with Gasteiger partial charge in [-0.25, -0.2) is 0 Å². The van der Waals surface area contributed by atoms with Gasteiger partial charge in [-0.2, -0.15) is 0 Å². The molecular weight excluding hydrogens is 326 g/mol. The summed E-state index contributed by atoms with van der Waals surface area (Å²) in [6.07, 6.45) is 1.14. The van der Waals surface area contributed by atoms with Crippen LogP contribution in [0.15, 0.2) is 53.0 Å². The fourth-order valence-corrected chi connectivity index (χ4v) is 4.34. The predicted octanol–water partition coefficient (Wildman–Crippen LogP) is 3.86. The number of para-hydroxylation sites is 1. The van der Waals surface area contributed by atoms with E-state index in [9.17, 15) is 0 Å². The van der Waals surface area contributed by atoms with Gasteiger partial charge in [0.2, 0.25) is 0 Å². The highest BCUT2D eigenvalue weighted by Gasteiger charge is 2.43. The molecule has 108 valence electrons. The maximum atomic E-state index is 5.86. The first kappa shape index (κ1) is 13.4. The third kappa shape index (κ3) is 2.19. The predicted molar refractivity (Wildman–Crippen MR) is 88.0 cm³/mol. The van der Waals surface area contributed by atoms with E-state index in [1.807, 2.05) is 0 Å². The zero-order valence-corrected chi connectivity index (χ0v) is 13.4. The van der Waals surface area contributed by atoms with Gasteiger partial charge in [0.1, 0.15) is 5.75 Å². The lowest BCUT2D eigenvalue weighted by Gasteiger charge is -2.45. The summed E-state index contributed by atoms with van der Waals surface area (Å²) in [7, 11) is 0. The van der Waals surface area contributed by atoms with E-state index >= 15 is 0 Å². The molecule has 1 unspecified atom stereocenters. The van der Waals surface area contributed by atoms with Crippen LogP contribution in [0.2, 0.25) is 0 Å². The number of benzene rings is 2. The number of ether oxygens (including phenoxy) is 1. The van der Waals surface area contributed by atoms with Crippen LogP contribution in [0.25, 0.3) is 0 Å². The minimum absolute atomic E-state index is 0.228. The van der Waals surface area contributed by atoms with Crippen LogP contribution in [-0.4, -0.2) is 19.7 Å². The van der Waals surface area contributed by atoms with Crippen LogP contribution in [0.5, 0.6) is 5.75 Å². The van der Waals surface area contributed by atoms with Gasteiger partial charge in [0.25, 0.3) is 0 Å². The first-order chi connectivity index (χ1) is 10.3. The molecule has 2 heterocycles.